The second-order valence-corrected chi connectivity index (χ2v) is 7.70. The van der Waals surface area contributed by atoms with Gasteiger partial charge in [-0.25, -0.2) is 9.37 Å². The number of imidazole rings is 1. The highest BCUT2D eigenvalue weighted by molar-refractivity contribution is 7.15. The van der Waals surface area contributed by atoms with Crippen molar-refractivity contribution in [1.82, 2.24) is 14.7 Å². The van der Waals surface area contributed by atoms with Crippen LogP contribution in [0.5, 0.6) is 5.75 Å². The average Bonchev–Trinajstić information content (AvgIpc) is 3.32. The van der Waals surface area contributed by atoms with Crippen LogP contribution in [0.4, 0.5) is 4.39 Å². The predicted octanol–water partition coefficient (Wildman–Crippen LogP) is 4.50. The first-order valence-electron chi connectivity index (χ1n) is 9.82. The van der Waals surface area contributed by atoms with Gasteiger partial charge in [-0.3, -0.25) is 9.20 Å². The molecular weight excluding hydrogens is 401 g/mol. The zero-order chi connectivity index (χ0) is 20.9. The molecule has 0 spiro atoms. The standard InChI is InChI=1S/C23H22FN3O2S/c1-2-29-20-9-5-17(6-10-20)21-14-27-19(15-30-23(27)26-21)13-22(28)25-12-11-16-3-7-18(24)8-4-16/h3-10,14-15H,2,11-13H2,1H3,(H,25,28). The molecule has 0 aliphatic heterocycles. The van der Waals surface area contributed by atoms with E-state index in [1.165, 1.54) is 23.5 Å². The van der Waals surface area contributed by atoms with Crippen LogP contribution in [0.2, 0.25) is 0 Å². The molecular formula is C23H22FN3O2S. The van der Waals surface area contributed by atoms with Gasteiger partial charge >= 0.3 is 0 Å². The van der Waals surface area contributed by atoms with Crippen molar-refractivity contribution in [2.24, 2.45) is 0 Å². The summed E-state index contributed by atoms with van der Waals surface area (Å²) < 4.78 is 20.4. The molecule has 2 aromatic heterocycles. The Morgan fingerprint density at radius 2 is 1.93 bits per heavy atom. The minimum Gasteiger partial charge on any atom is -0.494 e. The molecule has 4 aromatic rings. The Balaban J connectivity index is 1.38. The molecule has 0 radical (unpaired) electrons. The number of nitrogens with one attached hydrogen (secondary N) is 1. The first-order chi connectivity index (χ1) is 14.6. The maximum Gasteiger partial charge on any atom is 0.225 e. The van der Waals surface area contributed by atoms with E-state index in [1.54, 1.807) is 12.1 Å². The van der Waals surface area contributed by atoms with Gasteiger partial charge in [0.05, 0.1) is 18.7 Å². The smallest absolute Gasteiger partial charge is 0.225 e. The van der Waals surface area contributed by atoms with Crippen molar-refractivity contribution in [1.29, 1.82) is 0 Å². The fourth-order valence-corrected chi connectivity index (χ4v) is 4.08. The lowest BCUT2D eigenvalue weighted by atomic mass is 10.1. The Morgan fingerprint density at radius 1 is 1.17 bits per heavy atom. The van der Waals surface area contributed by atoms with E-state index < -0.39 is 0 Å². The molecule has 0 aliphatic carbocycles. The lowest BCUT2D eigenvalue weighted by Crippen LogP contribution is -2.27. The molecule has 7 heteroatoms. The summed E-state index contributed by atoms with van der Waals surface area (Å²) in [5.41, 5.74) is 3.76. The van der Waals surface area contributed by atoms with Crippen molar-refractivity contribution < 1.29 is 13.9 Å². The van der Waals surface area contributed by atoms with E-state index in [0.29, 0.717) is 19.6 Å². The summed E-state index contributed by atoms with van der Waals surface area (Å²) in [6, 6.07) is 14.2. The number of hydrogen-bond donors (Lipinski definition) is 1. The highest BCUT2D eigenvalue weighted by Gasteiger charge is 2.12. The van der Waals surface area contributed by atoms with Crippen LogP contribution in [0.1, 0.15) is 18.2 Å². The number of thiazole rings is 1. The molecule has 0 bridgehead atoms. The van der Waals surface area contributed by atoms with Crippen LogP contribution in [-0.4, -0.2) is 28.4 Å². The first kappa shape index (κ1) is 20.1. The van der Waals surface area contributed by atoms with Gasteiger partial charge in [-0.15, -0.1) is 11.3 Å². The molecule has 2 heterocycles. The molecule has 2 aromatic carbocycles. The lowest BCUT2D eigenvalue weighted by molar-refractivity contribution is -0.120. The van der Waals surface area contributed by atoms with E-state index in [2.05, 4.69) is 10.3 Å². The highest BCUT2D eigenvalue weighted by atomic mass is 32.1. The summed E-state index contributed by atoms with van der Waals surface area (Å²) in [6.45, 7) is 3.10. The second kappa shape index (κ2) is 9.09. The summed E-state index contributed by atoms with van der Waals surface area (Å²) in [6.07, 6.45) is 2.91. The van der Waals surface area contributed by atoms with Gasteiger partial charge in [0, 0.05) is 29.4 Å². The van der Waals surface area contributed by atoms with E-state index in [4.69, 9.17) is 4.74 Å². The normalized spacial score (nSPS) is 11.0. The van der Waals surface area contributed by atoms with E-state index in [1.807, 2.05) is 47.2 Å². The van der Waals surface area contributed by atoms with Crippen LogP contribution in [0, 0.1) is 5.82 Å². The van der Waals surface area contributed by atoms with Gasteiger partial charge in [0.1, 0.15) is 11.6 Å². The van der Waals surface area contributed by atoms with Gasteiger partial charge in [0.2, 0.25) is 5.91 Å². The molecule has 5 nitrogen and oxygen atoms in total. The molecule has 0 fully saturated rings. The van der Waals surface area contributed by atoms with Gasteiger partial charge in [-0.2, -0.15) is 0 Å². The van der Waals surface area contributed by atoms with E-state index >= 15 is 0 Å². The third kappa shape index (κ3) is 4.68. The molecule has 0 saturated carbocycles. The summed E-state index contributed by atoms with van der Waals surface area (Å²) in [5.74, 6) is 0.530. The fraction of sp³-hybridized carbons (Fsp3) is 0.217. The molecule has 30 heavy (non-hydrogen) atoms. The number of benzene rings is 2. The molecule has 0 saturated heterocycles. The number of ether oxygens (including phenoxy) is 1. The van der Waals surface area contributed by atoms with Crippen molar-refractivity contribution in [3.63, 3.8) is 0 Å². The Labute approximate surface area is 178 Å². The Bertz CT molecular complexity index is 1130. The van der Waals surface area contributed by atoms with Crippen LogP contribution >= 0.6 is 11.3 Å². The Kier molecular flexibility index (Phi) is 6.09. The zero-order valence-electron chi connectivity index (χ0n) is 16.6. The van der Waals surface area contributed by atoms with Gasteiger partial charge in [-0.05, 0) is 55.3 Å². The third-order valence-electron chi connectivity index (χ3n) is 4.74. The first-order valence-corrected chi connectivity index (χ1v) is 10.7. The molecule has 154 valence electrons. The van der Waals surface area contributed by atoms with Crippen molar-refractivity contribution in [2.75, 3.05) is 13.2 Å². The third-order valence-corrected chi connectivity index (χ3v) is 5.62. The van der Waals surface area contributed by atoms with Crippen LogP contribution in [0.3, 0.4) is 0 Å². The number of amides is 1. The van der Waals surface area contributed by atoms with E-state index in [-0.39, 0.29) is 18.1 Å². The maximum absolute atomic E-state index is 13.0. The average molecular weight is 424 g/mol. The van der Waals surface area contributed by atoms with Crippen molar-refractivity contribution in [2.45, 2.75) is 19.8 Å². The largest absolute Gasteiger partial charge is 0.494 e. The molecule has 0 unspecified atom stereocenters. The molecule has 4 rings (SSSR count). The van der Waals surface area contributed by atoms with Crippen molar-refractivity contribution in [3.05, 3.63) is 77.2 Å². The van der Waals surface area contributed by atoms with Gasteiger partial charge in [-0.1, -0.05) is 12.1 Å². The molecule has 1 N–H and O–H groups in total. The number of halogens is 1. The number of carbonyl (C=O) groups excluding carboxylic acids is 1. The van der Waals surface area contributed by atoms with Gasteiger partial charge in [0.25, 0.3) is 0 Å². The maximum atomic E-state index is 13.0. The monoisotopic (exact) mass is 423 g/mol. The zero-order valence-corrected chi connectivity index (χ0v) is 17.4. The number of carbonyl (C=O) groups is 1. The van der Waals surface area contributed by atoms with Gasteiger partial charge < -0.3 is 10.1 Å². The van der Waals surface area contributed by atoms with Crippen molar-refractivity contribution in [3.8, 4) is 17.0 Å². The van der Waals surface area contributed by atoms with Crippen LogP contribution in [0.25, 0.3) is 16.2 Å². The molecule has 0 atom stereocenters. The second-order valence-electron chi connectivity index (χ2n) is 6.87. The van der Waals surface area contributed by atoms with Crippen molar-refractivity contribution >= 4 is 22.2 Å². The quantitative estimate of drug-likeness (QED) is 0.454. The predicted molar refractivity (Wildman–Crippen MR) is 116 cm³/mol. The summed E-state index contributed by atoms with van der Waals surface area (Å²) >= 11 is 1.52. The lowest BCUT2D eigenvalue weighted by Gasteiger charge is -2.05. The minimum atomic E-state index is -0.255. The minimum absolute atomic E-state index is 0.0480. The summed E-state index contributed by atoms with van der Waals surface area (Å²) in [5, 5.41) is 4.89. The number of rotatable bonds is 8. The van der Waals surface area contributed by atoms with E-state index in [9.17, 15) is 9.18 Å². The number of hydrogen-bond acceptors (Lipinski definition) is 4. The van der Waals surface area contributed by atoms with Crippen LogP contribution in [-0.2, 0) is 17.6 Å². The Morgan fingerprint density at radius 3 is 2.67 bits per heavy atom. The van der Waals surface area contributed by atoms with E-state index in [0.717, 1.165) is 33.2 Å². The van der Waals surface area contributed by atoms with Crippen LogP contribution < -0.4 is 10.1 Å². The molecule has 0 aliphatic rings. The number of nitrogens with zero attached hydrogens (tertiary/aromatic N) is 2. The number of fused-ring (bicyclic) bond motifs is 1. The number of aromatic nitrogens is 2. The Hall–Kier alpha value is -3.19. The topological polar surface area (TPSA) is 55.6 Å². The van der Waals surface area contributed by atoms with Crippen LogP contribution in [0.15, 0.2) is 60.1 Å². The molecule has 1 amide bonds. The fourth-order valence-electron chi connectivity index (χ4n) is 3.21. The SMILES string of the molecule is CCOc1ccc(-c2cn3c(CC(=O)NCCc4ccc(F)cc4)csc3n2)cc1. The van der Waals surface area contributed by atoms with Gasteiger partial charge in [0.15, 0.2) is 4.96 Å². The summed E-state index contributed by atoms with van der Waals surface area (Å²) in [7, 11) is 0. The highest BCUT2D eigenvalue weighted by Crippen LogP contribution is 2.25. The summed E-state index contributed by atoms with van der Waals surface area (Å²) in [4.78, 5) is 17.9.